The number of hydrogen-bond donors (Lipinski definition) is 3. The summed E-state index contributed by atoms with van der Waals surface area (Å²) in [7, 11) is 0. The Kier molecular flexibility index (Phi) is 4.97. The second-order valence-corrected chi connectivity index (χ2v) is 4.36. The number of nitrogens with one attached hydrogen (secondary N) is 1. The fraction of sp³-hybridized carbons (Fsp3) is 0.118. The normalized spacial score (nSPS) is 9.57. The molecular formula is C17H16N2O2. The molecule has 0 radical (unpaired) electrons. The van der Waals surface area contributed by atoms with Crippen molar-refractivity contribution in [3.05, 3.63) is 65.2 Å². The van der Waals surface area contributed by atoms with Gasteiger partial charge in [-0.3, -0.25) is 4.79 Å². The van der Waals surface area contributed by atoms with Crippen molar-refractivity contribution in [1.82, 2.24) is 5.32 Å². The zero-order valence-corrected chi connectivity index (χ0v) is 11.5. The molecule has 0 bridgehead atoms. The largest absolute Gasteiger partial charge is 0.507 e. The molecule has 4 N–H and O–H groups in total. The summed E-state index contributed by atoms with van der Waals surface area (Å²) in [5.41, 5.74) is 7.36. The van der Waals surface area contributed by atoms with E-state index >= 15 is 0 Å². The van der Waals surface area contributed by atoms with Crippen molar-refractivity contribution < 1.29 is 9.90 Å². The average Bonchev–Trinajstić information content (AvgIpc) is 2.52. The molecule has 2 aromatic carbocycles. The standard InChI is InChI=1S/C17H16N2O2/c18-11-5-8-13-6-1-2-7-14(13)12-19-17(21)15-9-3-4-10-16(15)20/h1-4,6-7,9-10,20H,11-12,18H2,(H,19,21). The van der Waals surface area contributed by atoms with Gasteiger partial charge >= 0.3 is 0 Å². The number of nitrogens with two attached hydrogens (primary N) is 1. The smallest absolute Gasteiger partial charge is 0.255 e. The van der Waals surface area contributed by atoms with Crippen LogP contribution in [-0.4, -0.2) is 17.6 Å². The van der Waals surface area contributed by atoms with Crippen LogP contribution in [0, 0.1) is 11.8 Å². The lowest BCUT2D eigenvalue weighted by atomic mass is 10.1. The number of benzene rings is 2. The summed E-state index contributed by atoms with van der Waals surface area (Å²) in [5, 5.41) is 12.4. The number of phenolic OH excluding ortho intramolecular Hbond substituents is 1. The van der Waals surface area contributed by atoms with Gasteiger partial charge in [0.2, 0.25) is 0 Å². The van der Waals surface area contributed by atoms with E-state index in [1.807, 2.05) is 24.3 Å². The molecule has 0 atom stereocenters. The summed E-state index contributed by atoms with van der Waals surface area (Å²) in [4.78, 5) is 12.0. The Labute approximate surface area is 123 Å². The minimum atomic E-state index is -0.324. The van der Waals surface area contributed by atoms with Crippen molar-refractivity contribution in [2.24, 2.45) is 5.73 Å². The number of carbonyl (C=O) groups excluding carboxylic acids is 1. The highest BCUT2D eigenvalue weighted by atomic mass is 16.3. The molecule has 0 unspecified atom stereocenters. The van der Waals surface area contributed by atoms with Crippen molar-refractivity contribution >= 4 is 5.91 Å². The van der Waals surface area contributed by atoms with E-state index in [0.717, 1.165) is 11.1 Å². The molecule has 4 nitrogen and oxygen atoms in total. The third-order valence-corrected chi connectivity index (χ3v) is 2.93. The zero-order valence-electron chi connectivity index (χ0n) is 11.5. The summed E-state index contributed by atoms with van der Waals surface area (Å²) in [6.45, 7) is 0.626. The number of rotatable bonds is 3. The predicted molar refractivity (Wildman–Crippen MR) is 81.7 cm³/mol. The van der Waals surface area contributed by atoms with E-state index in [1.165, 1.54) is 6.07 Å². The number of aromatic hydroxyl groups is 1. The second-order valence-electron chi connectivity index (χ2n) is 4.36. The number of hydrogen-bond acceptors (Lipinski definition) is 3. The molecule has 0 aliphatic heterocycles. The molecule has 106 valence electrons. The lowest BCUT2D eigenvalue weighted by molar-refractivity contribution is 0.0948. The maximum absolute atomic E-state index is 12.0. The first-order valence-corrected chi connectivity index (χ1v) is 6.55. The van der Waals surface area contributed by atoms with Gasteiger partial charge in [0.05, 0.1) is 12.1 Å². The van der Waals surface area contributed by atoms with Gasteiger partial charge in [-0.05, 0) is 23.8 Å². The monoisotopic (exact) mass is 280 g/mol. The number of para-hydroxylation sites is 1. The summed E-state index contributed by atoms with van der Waals surface area (Å²) in [6.07, 6.45) is 0. The second kappa shape index (κ2) is 7.13. The quantitative estimate of drug-likeness (QED) is 0.748. The Morgan fingerprint density at radius 2 is 1.86 bits per heavy atom. The highest BCUT2D eigenvalue weighted by Gasteiger charge is 2.10. The van der Waals surface area contributed by atoms with Crippen molar-refractivity contribution in [3.8, 4) is 17.6 Å². The molecule has 1 amide bonds. The predicted octanol–water partition coefficient (Wildman–Crippen LogP) is 1.63. The lowest BCUT2D eigenvalue weighted by Crippen LogP contribution is -2.23. The van der Waals surface area contributed by atoms with Crippen LogP contribution in [0.3, 0.4) is 0 Å². The topological polar surface area (TPSA) is 75.3 Å². The highest BCUT2D eigenvalue weighted by molar-refractivity contribution is 5.96. The minimum Gasteiger partial charge on any atom is -0.507 e. The van der Waals surface area contributed by atoms with Gasteiger partial charge in [-0.1, -0.05) is 42.2 Å². The highest BCUT2D eigenvalue weighted by Crippen LogP contribution is 2.15. The third-order valence-electron chi connectivity index (χ3n) is 2.93. The van der Waals surface area contributed by atoms with Gasteiger partial charge in [0.1, 0.15) is 5.75 Å². The van der Waals surface area contributed by atoms with E-state index in [4.69, 9.17) is 5.73 Å². The van der Waals surface area contributed by atoms with Gasteiger partial charge in [-0.15, -0.1) is 0 Å². The summed E-state index contributed by atoms with van der Waals surface area (Å²) in [6, 6.07) is 14.0. The maximum Gasteiger partial charge on any atom is 0.255 e. The van der Waals surface area contributed by atoms with Crippen LogP contribution in [0.25, 0.3) is 0 Å². The fourth-order valence-electron chi connectivity index (χ4n) is 1.88. The Hall–Kier alpha value is -2.77. The molecule has 0 spiro atoms. The summed E-state index contributed by atoms with van der Waals surface area (Å²) < 4.78 is 0. The van der Waals surface area contributed by atoms with Crippen LogP contribution in [0.2, 0.25) is 0 Å². The number of carbonyl (C=O) groups is 1. The number of phenols is 1. The maximum atomic E-state index is 12.0. The Morgan fingerprint density at radius 3 is 2.62 bits per heavy atom. The Bertz CT molecular complexity index is 699. The van der Waals surface area contributed by atoms with Crippen LogP contribution in [0.15, 0.2) is 48.5 Å². The van der Waals surface area contributed by atoms with E-state index in [2.05, 4.69) is 17.2 Å². The molecule has 0 fully saturated rings. The first-order chi connectivity index (χ1) is 10.2. The molecule has 0 aromatic heterocycles. The number of amides is 1. The average molecular weight is 280 g/mol. The van der Waals surface area contributed by atoms with Crippen LogP contribution >= 0.6 is 0 Å². The van der Waals surface area contributed by atoms with E-state index < -0.39 is 0 Å². The van der Waals surface area contributed by atoms with E-state index in [-0.39, 0.29) is 17.2 Å². The molecule has 0 saturated carbocycles. The molecule has 21 heavy (non-hydrogen) atoms. The molecule has 0 saturated heterocycles. The lowest BCUT2D eigenvalue weighted by Gasteiger charge is -2.08. The zero-order chi connectivity index (χ0) is 15.1. The van der Waals surface area contributed by atoms with E-state index in [9.17, 15) is 9.90 Å². The fourth-order valence-corrected chi connectivity index (χ4v) is 1.88. The molecule has 2 rings (SSSR count). The SMILES string of the molecule is NCC#Cc1ccccc1CNC(=O)c1ccccc1O. The van der Waals surface area contributed by atoms with Crippen molar-refractivity contribution in [2.75, 3.05) is 6.54 Å². The van der Waals surface area contributed by atoms with Gasteiger partial charge < -0.3 is 16.2 Å². The molecular weight excluding hydrogens is 264 g/mol. The van der Waals surface area contributed by atoms with Crippen LogP contribution < -0.4 is 11.1 Å². The van der Waals surface area contributed by atoms with Crippen LogP contribution in [-0.2, 0) is 6.54 Å². The van der Waals surface area contributed by atoms with Crippen molar-refractivity contribution in [2.45, 2.75) is 6.54 Å². The molecule has 0 aliphatic carbocycles. The van der Waals surface area contributed by atoms with Crippen LogP contribution in [0.1, 0.15) is 21.5 Å². The van der Waals surface area contributed by atoms with Crippen molar-refractivity contribution in [1.29, 1.82) is 0 Å². The molecule has 0 aliphatic rings. The molecule has 0 heterocycles. The van der Waals surface area contributed by atoms with Gasteiger partial charge in [0, 0.05) is 12.1 Å². The molecule has 2 aromatic rings. The third kappa shape index (κ3) is 3.85. The summed E-state index contributed by atoms with van der Waals surface area (Å²) >= 11 is 0. The Morgan fingerprint density at radius 1 is 1.14 bits per heavy atom. The summed E-state index contributed by atoms with van der Waals surface area (Å²) in [5.74, 6) is 5.41. The van der Waals surface area contributed by atoms with E-state index in [1.54, 1.807) is 18.2 Å². The van der Waals surface area contributed by atoms with Gasteiger partial charge in [-0.2, -0.15) is 0 Å². The Balaban J connectivity index is 2.10. The first kappa shape index (κ1) is 14.6. The van der Waals surface area contributed by atoms with Crippen LogP contribution in [0.5, 0.6) is 5.75 Å². The van der Waals surface area contributed by atoms with Gasteiger partial charge in [0.25, 0.3) is 5.91 Å². The molecule has 4 heteroatoms. The van der Waals surface area contributed by atoms with E-state index in [0.29, 0.717) is 13.1 Å². The van der Waals surface area contributed by atoms with Crippen molar-refractivity contribution in [3.63, 3.8) is 0 Å². The minimum absolute atomic E-state index is 0.0359. The van der Waals surface area contributed by atoms with Gasteiger partial charge in [0.15, 0.2) is 0 Å². The van der Waals surface area contributed by atoms with Crippen LogP contribution in [0.4, 0.5) is 0 Å². The van der Waals surface area contributed by atoms with Gasteiger partial charge in [-0.25, -0.2) is 0 Å². The first-order valence-electron chi connectivity index (χ1n) is 6.55.